The van der Waals surface area contributed by atoms with E-state index < -0.39 is 9.84 Å². The minimum atomic E-state index is -2.87. The molecule has 1 heterocycles. The van der Waals surface area contributed by atoms with Crippen molar-refractivity contribution in [1.29, 1.82) is 0 Å². The molecule has 0 fully saturated rings. The van der Waals surface area contributed by atoms with Crippen LogP contribution in [-0.4, -0.2) is 43.7 Å². The lowest BCUT2D eigenvalue weighted by molar-refractivity contribution is 0.409. The third-order valence-corrected chi connectivity index (χ3v) is 2.53. The first-order valence-electron chi connectivity index (χ1n) is 4.21. The van der Waals surface area contributed by atoms with E-state index in [9.17, 15) is 8.42 Å². The van der Waals surface area contributed by atoms with Gasteiger partial charge in [-0.1, -0.05) is 5.16 Å². The summed E-state index contributed by atoms with van der Waals surface area (Å²) in [5.41, 5.74) is 0. The second-order valence-electron chi connectivity index (χ2n) is 2.98. The van der Waals surface area contributed by atoms with E-state index in [0.717, 1.165) is 0 Å². The zero-order chi connectivity index (χ0) is 10.4. The molecular formula is C7H13N3O3S. The van der Waals surface area contributed by atoms with Crippen LogP contribution in [0.3, 0.4) is 0 Å². The molecule has 0 aliphatic rings. The van der Waals surface area contributed by atoms with Crippen molar-refractivity contribution in [2.75, 3.05) is 25.1 Å². The maximum atomic E-state index is 10.7. The van der Waals surface area contributed by atoms with Gasteiger partial charge in [0.2, 0.25) is 6.39 Å². The second-order valence-corrected chi connectivity index (χ2v) is 5.24. The number of nitrogens with zero attached hydrogens (tertiary/aromatic N) is 2. The fourth-order valence-corrected chi connectivity index (χ4v) is 1.40. The predicted octanol–water partition coefficient (Wildman–Crippen LogP) is -0.754. The molecule has 1 N–H and O–H groups in total. The first kappa shape index (κ1) is 11.1. The van der Waals surface area contributed by atoms with Gasteiger partial charge in [0.05, 0.1) is 5.75 Å². The van der Waals surface area contributed by atoms with Gasteiger partial charge in [-0.3, -0.25) is 0 Å². The molecular weight excluding hydrogens is 206 g/mol. The van der Waals surface area contributed by atoms with E-state index in [0.29, 0.717) is 25.3 Å². The minimum absolute atomic E-state index is 0.152. The Morgan fingerprint density at radius 3 is 2.86 bits per heavy atom. The van der Waals surface area contributed by atoms with Gasteiger partial charge >= 0.3 is 0 Å². The van der Waals surface area contributed by atoms with Gasteiger partial charge in [0.15, 0.2) is 5.82 Å². The second kappa shape index (κ2) is 5.06. The Labute approximate surface area is 82.6 Å². The van der Waals surface area contributed by atoms with E-state index in [-0.39, 0.29) is 5.75 Å². The molecule has 0 aliphatic heterocycles. The number of hydrogen-bond acceptors (Lipinski definition) is 6. The van der Waals surface area contributed by atoms with Gasteiger partial charge in [-0.25, -0.2) is 8.42 Å². The lowest BCUT2D eigenvalue weighted by Gasteiger charge is -2.00. The van der Waals surface area contributed by atoms with E-state index in [1.54, 1.807) is 0 Å². The van der Waals surface area contributed by atoms with Crippen molar-refractivity contribution in [3.63, 3.8) is 0 Å². The Morgan fingerprint density at radius 2 is 2.29 bits per heavy atom. The summed E-state index contributed by atoms with van der Waals surface area (Å²) in [4.78, 5) is 3.83. The number of hydrogen-bond donors (Lipinski definition) is 1. The first-order chi connectivity index (χ1) is 6.58. The van der Waals surface area contributed by atoms with Crippen LogP contribution in [0, 0.1) is 0 Å². The van der Waals surface area contributed by atoms with Gasteiger partial charge in [-0.05, 0) is 0 Å². The Balaban J connectivity index is 2.06. The Hall–Kier alpha value is -0.950. The minimum Gasteiger partial charge on any atom is -0.343 e. The highest BCUT2D eigenvalue weighted by Crippen LogP contribution is 1.88. The average Bonchev–Trinajstić information content (AvgIpc) is 2.54. The zero-order valence-corrected chi connectivity index (χ0v) is 8.75. The lowest BCUT2D eigenvalue weighted by atomic mass is 10.4. The van der Waals surface area contributed by atoms with Crippen molar-refractivity contribution in [3.8, 4) is 0 Å². The summed E-state index contributed by atoms with van der Waals surface area (Å²) in [6.45, 7) is 1.10. The smallest absolute Gasteiger partial charge is 0.213 e. The van der Waals surface area contributed by atoms with Crippen LogP contribution < -0.4 is 5.32 Å². The maximum absolute atomic E-state index is 10.7. The number of sulfone groups is 1. The fraction of sp³-hybridized carbons (Fsp3) is 0.714. The van der Waals surface area contributed by atoms with Gasteiger partial charge in [-0.2, -0.15) is 4.98 Å². The third-order valence-electron chi connectivity index (χ3n) is 1.58. The highest BCUT2D eigenvalue weighted by Gasteiger charge is 2.01. The maximum Gasteiger partial charge on any atom is 0.213 e. The molecule has 0 saturated heterocycles. The molecule has 0 spiro atoms. The van der Waals surface area contributed by atoms with Crippen LogP contribution in [0.1, 0.15) is 5.82 Å². The number of rotatable bonds is 6. The summed E-state index contributed by atoms with van der Waals surface area (Å²) in [6, 6.07) is 0. The molecule has 0 bridgehead atoms. The molecule has 1 aromatic heterocycles. The molecule has 0 radical (unpaired) electrons. The predicted molar refractivity (Wildman–Crippen MR) is 50.6 cm³/mol. The van der Waals surface area contributed by atoms with Gasteiger partial charge in [-0.15, -0.1) is 0 Å². The summed E-state index contributed by atoms with van der Waals surface area (Å²) in [5, 5.41) is 6.60. The SMILES string of the molecule is CS(=O)(=O)CCNCCc1ncon1. The molecule has 0 aliphatic carbocycles. The van der Waals surface area contributed by atoms with Crippen LogP contribution in [0.4, 0.5) is 0 Å². The lowest BCUT2D eigenvalue weighted by Crippen LogP contribution is -2.24. The summed E-state index contributed by atoms with van der Waals surface area (Å²) in [6.07, 6.45) is 3.12. The Morgan fingerprint density at radius 1 is 1.50 bits per heavy atom. The number of nitrogens with one attached hydrogen (secondary N) is 1. The van der Waals surface area contributed by atoms with Crippen LogP contribution in [0.5, 0.6) is 0 Å². The van der Waals surface area contributed by atoms with Crippen LogP contribution in [-0.2, 0) is 16.3 Å². The highest BCUT2D eigenvalue weighted by atomic mass is 32.2. The van der Waals surface area contributed by atoms with E-state index >= 15 is 0 Å². The van der Waals surface area contributed by atoms with Gasteiger partial charge < -0.3 is 9.84 Å². The molecule has 14 heavy (non-hydrogen) atoms. The van der Waals surface area contributed by atoms with Crippen molar-refractivity contribution < 1.29 is 12.9 Å². The summed E-state index contributed by atoms with van der Waals surface area (Å²) in [5.74, 6) is 0.774. The average molecular weight is 219 g/mol. The van der Waals surface area contributed by atoms with Crippen LogP contribution in [0.2, 0.25) is 0 Å². The van der Waals surface area contributed by atoms with Gasteiger partial charge in [0.25, 0.3) is 0 Å². The Kier molecular flexibility index (Phi) is 4.02. The van der Waals surface area contributed by atoms with Crippen molar-refractivity contribution >= 4 is 9.84 Å². The molecule has 0 saturated carbocycles. The van der Waals surface area contributed by atoms with Crippen LogP contribution >= 0.6 is 0 Å². The van der Waals surface area contributed by atoms with Crippen molar-refractivity contribution in [2.45, 2.75) is 6.42 Å². The van der Waals surface area contributed by atoms with Crippen LogP contribution in [0.15, 0.2) is 10.9 Å². The molecule has 1 aromatic rings. The Bertz CT molecular complexity index is 346. The molecule has 80 valence electrons. The molecule has 0 aromatic carbocycles. The zero-order valence-electron chi connectivity index (χ0n) is 7.93. The molecule has 0 atom stereocenters. The third kappa shape index (κ3) is 4.93. The van der Waals surface area contributed by atoms with Crippen molar-refractivity contribution in [3.05, 3.63) is 12.2 Å². The van der Waals surface area contributed by atoms with Crippen molar-refractivity contribution in [1.82, 2.24) is 15.5 Å². The number of aromatic nitrogens is 2. The summed E-state index contributed by atoms with van der Waals surface area (Å²) in [7, 11) is -2.87. The van der Waals surface area contributed by atoms with E-state index in [1.807, 2.05) is 0 Å². The molecule has 0 amide bonds. The van der Waals surface area contributed by atoms with Crippen molar-refractivity contribution in [2.24, 2.45) is 0 Å². The van der Waals surface area contributed by atoms with E-state index in [1.165, 1.54) is 12.6 Å². The fourth-order valence-electron chi connectivity index (χ4n) is 0.885. The monoisotopic (exact) mass is 219 g/mol. The molecule has 6 nitrogen and oxygen atoms in total. The molecule has 7 heteroatoms. The van der Waals surface area contributed by atoms with E-state index in [4.69, 9.17) is 0 Å². The standard InChI is InChI=1S/C7H13N3O3S/c1-14(11,12)5-4-8-3-2-7-9-6-13-10-7/h6,8H,2-5H2,1H3. The topological polar surface area (TPSA) is 85.1 Å². The summed E-state index contributed by atoms with van der Waals surface area (Å²) >= 11 is 0. The molecule has 0 unspecified atom stereocenters. The van der Waals surface area contributed by atoms with Crippen LogP contribution in [0.25, 0.3) is 0 Å². The summed E-state index contributed by atoms with van der Waals surface area (Å²) < 4.78 is 26.0. The van der Waals surface area contributed by atoms with Gasteiger partial charge in [0.1, 0.15) is 9.84 Å². The largest absolute Gasteiger partial charge is 0.343 e. The van der Waals surface area contributed by atoms with Gasteiger partial charge in [0, 0.05) is 25.8 Å². The first-order valence-corrected chi connectivity index (χ1v) is 6.28. The normalized spacial score (nSPS) is 11.8. The molecule has 1 rings (SSSR count). The van der Waals surface area contributed by atoms with E-state index in [2.05, 4.69) is 20.0 Å². The quantitative estimate of drug-likeness (QED) is 0.633. The highest BCUT2D eigenvalue weighted by molar-refractivity contribution is 7.90.